The molecule has 1 aliphatic carbocycles. The number of sulfonamides is 1. The molecule has 2 aromatic carbocycles. The molecule has 0 radical (unpaired) electrons. The van der Waals surface area contributed by atoms with Crippen LogP contribution in [0.1, 0.15) is 19.8 Å². The maximum Gasteiger partial charge on any atom is 0.573 e. The van der Waals surface area contributed by atoms with Crippen LogP contribution in [0.25, 0.3) is 0 Å². The zero-order valence-electron chi connectivity index (χ0n) is 17.0. The molecule has 0 spiro atoms. The van der Waals surface area contributed by atoms with Gasteiger partial charge in [0.25, 0.3) is 10.0 Å². The van der Waals surface area contributed by atoms with Gasteiger partial charge in [0.2, 0.25) is 5.91 Å². The van der Waals surface area contributed by atoms with Crippen molar-refractivity contribution in [1.29, 1.82) is 0 Å². The summed E-state index contributed by atoms with van der Waals surface area (Å²) in [7, 11) is -4.22. The van der Waals surface area contributed by atoms with E-state index in [1.165, 1.54) is 30.3 Å². The van der Waals surface area contributed by atoms with Gasteiger partial charge < -0.3 is 14.8 Å². The van der Waals surface area contributed by atoms with Crippen molar-refractivity contribution in [3.05, 3.63) is 54.6 Å². The Morgan fingerprint density at radius 1 is 1.09 bits per heavy atom. The van der Waals surface area contributed by atoms with Crippen molar-refractivity contribution in [2.45, 2.75) is 31.0 Å². The largest absolute Gasteiger partial charge is 0.573 e. The third-order valence-corrected chi connectivity index (χ3v) is 5.92. The van der Waals surface area contributed by atoms with Gasteiger partial charge in [-0.2, -0.15) is 0 Å². The first-order valence-electron chi connectivity index (χ1n) is 9.69. The molecule has 1 amide bonds. The zero-order chi connectivity index (χ0) is 23.4. The van der Waals surface area contributed by atoms with Crippen molar-refractivity contribution < 1.29 is 35.9 Å². The van der Waals surface area contributed by atoms with Crippen LogP contribution in [-0.2, 0) is 14.8 Å². The normalized spacial score (nSPS) is 14.2. The number of hydrogen-bond donors (Lipinski definition) is 2. The number of hydrogen-bond acceptors (Lipinski definition) is 5. The van der Waals surface area contributed by atoms with Gasteiger partial charge in [-0.25, -0.2) is 8.42 Å². The first-order valence-corrected chi connectivity index (χ1v) is 11.2. The molecule has 0 aromatic heterocycles. The van der Waals surface area contributed by atoms with E-state index in [0.29, 0.717) is 18.5 Å². The van der Waals surface area contributed by atoms with Crippen LogP contribution < -0.4 is 19.5 Å². The second-order valence-electron chi connectivity index (χ2n) is 6.90. The van der Waals surface area contributed by atoms with E-state index >= 15 is 0 Å². The number of benzene rings is 2. The van der Waals surface area contributed by atoms with Crippen molar-refractivity contribution >= 4 is 27.3 Å². The van der Waals surface area contributed by atoms with Crippen molar-refractivity contribution in [2.24, 2.45) is 5.92 Å². The lowest BCUT2D eigenvalue weighted by Crippen LogP contribution is -2.21. The predicted molar refractivity (Wildman–Crippen MR) is 112 cm³/mol. The van der Waals surface area contributed by atoms with E-state index in [9.17, 15) is 26.4 Å². The Balaban J connectivity index is 1.82. The van der Waals surface area contributed by atoms with Crippen LogP contribution >= 0.6 is 0 Å². The summed E-state index contributed by atoms with van der Waals surface area (Å²) in [4.78, 5) is 12.1. The molecule has 0 unspecified atom stereocenters. The highest BCUT2D eigenvalue weighted by Crippen LogP contribution is 2.31. The highest BCUT2D eigenvalue weighted by Gasteiger charge is 2.31. The quantitative estimate of drug-likeness (QED) is 0.546. The summed E-state index contributed by atoms with van der Waals surface area (Å²) >= 11 is 0. The summed E-state index contributed by atoms with van der Waals surface area (Å²) in [5, 5.41) is 2.74. The first-order chi connectivity index (χ1) is 15.1. The fourth-order valence-corrected chi connectivity index (χ4v) is 4.30. The van der Waals surface area contributed by atoms with E-state index in [2.05, 4.69) is 14.8 Å². The number of allylic oxidation sites excluding steroid dienone is 2. The van der Waals surface area contributed by atoms with Crippen LogP contribution in [0.5, 0.6) is 11.5 Å². The van der Waals surface area contributed by atoms with Gasteiger partial charge in [-0.3, -0.25) is 9.52 Å². The number of carbonyl (C=O) groups is 1. The minimum absolute atomic E-state index is 0.00922. The Morgan fingerprint density at radius 3 is 2.47 bits per heavy atom. The highest BCUT2D eigenvalue weighted by molar-refractivity contribution is 7.92. The lowest BCUT2D eigenvalue weighted by Gasteiger charge is -2.16. The average Bonchev–Trinajstić information content (AvgIpc) is 3.22. The molecule has 0 heterocycles. The van der Waals surface area contributed by atoms with Crippen LogP contribution in [0.2, 0.25) is 0 Å². The van der Waals surface area contributed by atoms with Crippen LogP contribution in [0.4, 0.5) is 24.5 Å². The molecule has 172 valence electrons. The number of rotatable bonds is 8. The second kappa shape index (κ2) is 9.51. The smallest absolute Gasteiger partial charge is 0.492 e. The van der Waals surface area contributed by atoms with Crippen LogP contribution in [0.15, 0.2) is 59.5 Å². The minimum atomic E-state index is -4.91. The van der Waals surface area contributed by atoms with Gasteiger partial charge in [-0.05, 0) is 44.0 Å². The molecule has 11 heteroatoms. The van der Waals surface area contributed by atoms with Gasteiger partial charge in [0.15, 0.2) is 0 Å². The van der Waals surface area contributed by atoms with Gasteiger partial charge in [0.05, 0.1) is 12.3 Å². The van der Waals surface area contributed by atoms with Gasteiger partial charge in [-0.1, -0.05) is 18.2 Å². The van der Waals surface area contributed by atoms with Crippen molar-refractivity contribution in [3.63, 3.8) is 0 Å². The van der Waals surface area contributed by atoms with Crippen molar-refractivity contribution in [2.75, 3.05) is 16.6 Å². The van der Waals surface area contributed by atoms with Crippen molar-refractivity contribution in [1.82, 2.24) is 0 Å². The lowest BCUT2D eigenvalue weighted by molar-refractivity contribution is -0.274. The SMILES string of the molecule is CCOc1cc(NC(=O)C2CC=CC2)ccc1S(=O)(=O)Nc1cccc(OC(F)(F)F)c1. The fraction of sp³-hybridized carbons (Fsp3) is 0.286. The van der Waals surface area contributed by atoms with Gasteiger partial charge in [0.1, 0.15) is 16.4 Å². The third kappa shape index (κ3) is 6.16. The molecule has 2 N–H and O–H groups in total. The Morgan fingerprint density at radius 2 is 1.81 bits per heavy atom. The maximum absolute atomic E-state index is 12.9. The molecular weight excluding hydrogens is 449 g/mol. The highest BCUT2D eigenvalue weighted by atomic mass is 32.2. The number of halogens is 3. The maximum atomic E-state index is 12.9. The fourth-order valence-electron chi connectivity index (χ4n) is 3.12. The molecule has 3 rings (SSSR count). The Labute approximate surface area is 183 Å². The van der Waals surface area contributed by atoms with Crippen molar-refractivity contribution in [3.8, 4) is 11.5 Å². The van der Waals surface area contributed by atoms with E-state index in [4.69, 9.17) is 4.74 Å². The Kier molecular flexibility index (Phi) is 6.97. The summed E-state index contributed by atoms with van der Waals surface area (Å²) in [6.07, 6.45) is 0.210. The van der Waals surface area contributed by atoms with Crippen LogP contribution in [-0.4, -0.2) is 27.3 Å². The summed E-state index contributed by atoms with van der Waals surface area (Å²) in [5.41, 5.74) is 0.241. The first kappa shape index (κ1) is 23.5. The number of nitrogens with one attached hydrogen (secondary N) is 2. The van der Waals surface area contributed by atoms with Gasteiger partial charge >= 0.3 is 6.36 Å². The summed E-state index contributed by atoms with van der Waals surface area (Å²) in [5.74, 6) is -0.943. The summed E-state index contributed by atoms with van der Waals surface area (Å²) < 4.78 is 74.5. The monoisotopic (exact) mass is 470 g/mol. The zero-order valence-corrected chi connectivity index (χ0v) is 17.8. The Bertz CT molecular complexity index is 1110. The molecular formula is C21H21F3N2O5S. The number of anilines is 2. The average molecular weight is 470 g/mol. The van der Waals surface area contributed by atoms with Gasteiger partial charge in [0, 0.05) is 23.7 Å². The minimum Gasteiger partial charge on any atom is -0.492 e. The molecule has 0 saturated heterocycles. The van der Waals surface area contributed by atoms with E-state index in [0.717, 1.165) is 12.1 Å². The molecule has 0 saturated carbocycles. The standard InChI is InChI=1S/C21H21F3N2O5S/c1-2-30-18-13-15(25-20(27)14-6-3-4-7-14)10-11-19(18)32(28,29)26-16-8-5-9-17(12-16)31-21(22,23)24/h3-5,8-14,26H,2,6-7H2,1H3,(H,25,27). The molecule has 0 bridgehead atoms. The predicted octanol–water partition coefficient (Wildman–Crippen LogP) is 4.69. The molecule has 0 atom stereocenters. The molecule has 0 aliphatic heterocycles. The molecule has 7 nitrogen and oxygen atoms in total. The van der Waals surface area contributed by atoms with E-state index in [1.54, 1.807) is 6.92 Å². The number of amides is 1. The van der Waals surface area contributed by atoms with Crippen LogP contribution in [0, 0.1) is 5.92 Å². The summed E-state index contributed by atoms with van der Waals surface area (Å²) in [6.45, 7) is 1.82. The third-order valence-electron chi connectivity index (χ3n) is 4.50. The van der Waals surface area contributed by atoms with E-state index in [-0.39, 0.29) is 34.8 Å². The van der Waals surface area contributed by atoms with Gasteiger partial charge in [-0.15, -0.1) is 13.2 Å². The number of ether oxygens (including phenoxy) is 2. The van der Waals surface area contributed by atoms with E-state index < -0.39 is 22.1 Å². The number of alkyl halides is 3. The molecule has 0 fully saturated rings. The van der Waals surface area contributed by atoms with Crippen LogP contribution in [0.3, 0.4) is 0 Å². The number of carbonyl (C=O) groups excluding carboxylic acids is 1. The topological polar surface area (TPSA) is 93.7 Å². The van der Waals surface area contributed by atoms with E-state index in [1.807, 2.05) is 12.2 Å². The second-order valence-corrected chi connectivity index (χ2v) is 8.56. The Hall–Kier alpha value is -3.21. The molecule has 1 aliphatic rings. The lowest BCUT2D eigenvalue weighted by atomic mass is 10.1. The molecule has 2 aromatic rings. The molecule has 32 heavy (non-hydrogen) atoms. The summed E-state index contributed by atoms with van der Waals surface area (Å²) in [6, 6.07) is 8.53.